The summed E-state index contributed by atoms with van der Waals surface area (Å²) in [4.78, 5) is 16.3. The molecule has 0 bridgehead atoms. The number of ether oxygens (including phenoxy) is 2. The minimum atomic E-state index is -0.311. The summed E-state index contributed by atoms with van der Waals surface area (Å²) in [5.74, 6) is 0.792. The maximum absolute atomic E-state index is 13.1. The fraction of sp³-hybridized carbons (Fsp3) is 0.350. The van der Waals surface area contributed by atoms with Crippen LogP contribution in [-0.2, 0) is 0 Å². The van der Waals surface area contributed by atoms with E-state index in [-0.39, 0.29) is 11.9 Å². The minimum Gasteiger partial charge on any atom is -0.492 e. The Kier molecular flexibility index (Phi) is 6.44. The molecule has 2 aromatic rings. The first-order valence-electron chi connectivity index (χ1n) is 8.83. The molecule has 1 fully saturated rings. The first-order chi connectivity index (χ1) is 12.7. The predicted molar refractivity (Wildman–Crippen MR) is 97.0 cm³/mol. The van der Waals surface area contributed by atoms with Gasteiger partial charge in [0.15, 0.2) is 0 Å². The number of halogens is 1. The molecule has 0 spiro atoms. The third kappa shape index (κ3) is 5.46. The zero-order valence-corrected chi connectivity index (χ0v) is 14.6. The summed E-state index contributed by atoms with van der Waals surface area (Å²) >= 11 is 0. The number of hydrogen-bond acceptors (Lipinski definition) is 4. The van der Waals surface area contributed by atoms with E-state index in [0.29, 0.717) is 31.2 Å². The molecule has 1 saturated heterocycles. The van der Waals surface area contributed by atoms with Crippen LogP contribution in [0.3, 0.4) is 0 Å². The highest BCUT2D eigenvalue weighted by molar-refractivity contribution is 5.70. The molecule has 0 unspecified atom stereocenters. The average molecular weight is 358 g/mol. The van der Waals surface area contributed by atoms with E-state index in [0.717, 1.165) is 26.1 Å². The largest absolute Gasteiger partial charge is 0.492 e. The summed E-state index contributed by atoms with van der Waals surface area (Å²) in [5, 5.41) is 0. The molecule has 1 amide bonds. The van der Waals surface area contributed by atoms with Gasteiger partial charge in [0, 0.05) is 38.8 Å². The smallest absolute Gasteiger partial charge is 0.415 e. The Balaban J connectivity index is 1.42. The first-order valence-corrected chi connectivity index (χ1v) is 8.83. The van der Waals surface area contributed by atoms with Crippen molar-refractivity contribution in [2.24, 2.45) is 0 Å². The van der Waals surface area contributed by atoms with Gasteiger partial charge in [-0.05, 0) is 30.7 Å². The summed E-state index contributed by atoms with van der Waals surface area (Å²) in [7, 11) is 0. The van der Waals surface area contributed by atoms with Gasteiger partial charge < -0.3 is 14.4 Å². The molecule has 1 aliphatic heterocycles. The van der Waals surface area contributed by atoms with Gasteiger partial charge in [-0.15, -0.1) is 0 Å². The second-order valence-corrected chi connectivity index (χ2v) is 6.17. The van der Waals surface area contributed by atoms with Crippen LogP contribution in [0.4, 0.5) is 9.18 Å². The van der Waals surface area contributed by atoms with Gasteiger partial charge in [-0.2, -0.15) is 0 Å². The van der Waals surface area contributed by atoms with E-state index in [4.69, 9.17) is 9.47 Å². The molecule has 138 valence electrons. The van der Waals surface area contributed by atoms with Crippen LogP contribution in [0.5, 0.6) is 11.5 Å². The Labute approximate surface area is 152 Å². The molecule has 26 heavy (non-hydrogen) atoms. The molecule has 0 atom stereocenters. The Morgan fingerprint density at radius 1 is 0.962 bits per heavy atom. The molecule has 0 aromatic heterocycles. The van der Waals surface area contributed by atoms with Crippen LogP contribution in [0, 0.1) is 5.82 Å². The van der Waals surface area contributed by atoms with Crippen molar-refractivity contribution in [1.82, 2.24) is 9.80 Å². The first kappa shape index (κ1) is 18.2. The lowest BCUT2D eigenvalue weighted by Gasteiger charge is -2.21. The molecule has 0 radical (unpaired) electrons. The molecule has 0 N–H and O–H groups in total. The van der Waals surface area contributed by atoms with Crippen molar-refractivity contribution in [3.05, 3.63) is 60.4 Å². The van der Waals surface area contributed by atoms with Crippen molar-refractivity contribution in [3.63, 3.8) is 0 Å². The van der Waals surface area contributed by atoms with Crippen molar-refractivity contribution in [1.29, 1.82) is 0 Å². The van der Waals surface area contributed by atoms with Gasteiger partial charge in [0.05, 0.1) is 0 Å². The highest BCUT2D eigenvalue weighted by Crippen LogP contribution is 2.13. The SMILES string of the molecule is O=C(Oc1ccccc1)N1CCCN(CCOc2cccc(F)c2)CC1. The van der Waals surface area contributed by atoms with E-state index in [2.05, 4.69) is 4.90 Å². The molecule has 0 saturated carbocycles. The minimum absolute atomic E-state index is 0.301. The fourth-order valence-corrected chi connectivity index (χ4v) is 2.88. The number of amides is 1. The van der Waals surface area contributed by atoms with Gasteiger partial charge in [0.25, 0.3) is 0 Å². The van der Waals surface area contributed by atoms with E-state index in [1.165, 1.54) is 12.1 Å². The van der Waals surface area contributed by atoms with E-state index in [9.17, 15) is 9.18 Å². The van der Waals surface area contributed by atoms with Gasteiger partial charge in [-0.25, -0.2) is 9.18 Å². The van der Waals surface area contributed by atoms with Crippen molar-refractivity contribution in [2.45, 2.75) is 6.42 Å². The van der Waals surface area contributed by atoms with Gasteiger partial charge in [-0.3, -0.25) is 4.90 Å². The summed E-state index contributed by atoms with van der Waals surface area (Å²) in [5.41, 5.74) is 0. The monoisotopic (exact) mass is 358 g/mol. The summed E-state index contributed by atoms with van der Waals surface area (Å²) in [6.45, 7) is 4.16. The van der Waals surface area contributed by atoms with Crippen LogP contribution in [0.1, 0.15) is 6.42 Å². The van der Waals surface area contributed by atoms with E-state index in [1.807, 2.05) is 18.2 Å². The maximum atomic E-state index is 13.1. The number of nitrogens with zero attached hydrogens (tertiary/aromatic N) is 2. The molecule has 5 nitrogen and oxygen atoms in total. The second-order valence-electron chi connectivity index (χ2n) is 6.17. The molecule has 6 heteroatoms. The maximum Gasteiger partial charge on any atom is 0.415 e. The Morgan fingerprint density at radius 2 is 1.77 bits per heavy atom. The van der Waals surface area contributed by atoms with Gasteiger partial charge in [-0.1, -0.05) is 24.3 Å². The van der Waals surface area contributed by atoms with Crippen LogP contribution in [0.2, 0.25) is 0 Å². The van der Waals surface area contributed by atoms with Gasteiger partial charge in [0.2, 0.25) is 0 Å². The third-order valence-corrected chi connectivity index (χ3v) is 4.27. The van der Waals surface area contributed by atoms with Crippen molar-refractivity contribution in [2.75, 3.05) is 39.3 Å². The fourth-order valence-electron chi connectivity index (χ4n) is 2.88. The normalized spacial score (nSPS) is 15.3. The summed E-state index contributed by atoms with van der Waals surface area (Å²) in [6, 6.07) is 15.2. The van der Waals surface area contributed by atoms with Gasteiger partial charge >= 0.3 is 6.09 Å². The number of benzene rings is 2. The third-order valence-electron chi connectivity index (χ3n) is 4.27. The van der Waals surface area contributed by atoms with Crippen LogP contribution >= 0.6 is 0 Å². The van der Waals surface area contributed by atoms with E-state index in [1.54, 1.807) is 29.2 Å². The van der Waals surface area contributed by atoms with E-state index < -0.39 is 0 Å². The lowest BCUT2D eigenvalue weighted by molar-refractivity contribution is 0.152. The Bertz CT molecular complexity index is 711. The summed E-state index contributed by atoms with van der Waals surface area (Å²) < 4.78 is 24.1. The van der Waals surface area contributed by atoms with E-state index >= 15 is 0 Å². The number of hydrogen-bond donors (Lipinski definition) is 0. The molecular weight excluding hydrogens is 335 g/mol. The average Bonchev–Trinajstić information content (AvgIpc) is 2.88. The van der Waals surface area contributed by atoms with Gasteiger partial charge in [0.1, 0.15) is 23.9 Å². The van der Waals surface area contributed by atoms with Crippen LogP contribution in [-0.4, -0.2) is 55.2 Å². The van der Waals surface area contributed by atoms with Crippen molar-refractivity contribution in [3.8, 4) is 11.5 Å². The Hall–Kier alpha value is -2.60. The van der Waals surface area contributed by atoms with Crippen LogP contribution < -0.4 is 9.47 Å². The number of carbonyl (C=O) groups is 1. The predicted octanol–water partition coefficient (Wildman–Crippen LogP) is 3.41. The second kappa shape index (κ2) is 9.20. The number of para-hydroxylation sites is 1. The molecule has 1 heterocycles. The summed E-state index contributed by atoms with van der Waals surface area (Å²) in [6.07, 6.45) is 0.568. The number of carbonyl (C=O) groups excluding carboxylic acids is 1. The molecule has 2 aromatic carbocycles. The van der Waals surface area contributed by atoms with Crippen LogP contribution in [0.25, 0.3) is 0 Å². The quantitative estimate of drug-likeness (QED) is 0.821. The lowest BCUT2D eigenvalue weighted by Crippen LogP contribution is -2.37. The molecule has 3 rings (SSSR count). The van der Waals surface area contributed by atoms with Crippen LogP contribution in [0.15, 0.2) is 54.6 Å². The highest BCUT2D eigenvalue weighted by atomic mass is 19.1. The van der Waals surface area contributed by atoms with Crippen molar-refractivity contribution < 1.29 is 18.7 Å². The number of rotatable bonds is 5. The topological polar surface area (TPSA) is 42.0 Å². The molecular formula is C20H23FN2O3. The Morgan fingerprint density at radius 3 is 2.58 bits per heavy atom. The van der Waals surface area contributed by atoms with Crippen molar-refractivity contribution >= 4 is 6.09 Å². The zero-order chi connectivity index (χ0) is 18.2. The lowest BCUT2D eigenvalue weighted by atomic mass is 10.3. The molecule has 1 aliphatic rings. The zero-order valence-electron chi connectivity index (χ0n) is 14.6. The highest BCUT2D eigenvalue weighted by Gasteiger charge is 2.20. The molecule has 0 aliphatic carbocycles. The standard InChI is InChI=1S/C20H23FN2O3/c21-17-6-4-9-19(16-17)25-15-14-22-10-5-11-23(13-12-22)20(24)26-18-7-2-1-3-8-18/h1-4,6-9,16H,5,10-15H2.